The van der Waals surface area contributed by atoms with Gasteiger partial charge >= 0.3 is 5.97 Å². The molecule has 8 atom stereocenters. The van der Waals surface area contributed by atoms with Gasteiger partial charge in [-0.2, -0.15) is 0 Å². The quantitative estimate of drug-likeness (QED) is 0.103. The summed E-state index contributed by atoms with van der Waals surface area (Å²) in [4.78, 5) is 36.1. The van der Waals surface area contributed by atoms with Crippen molar-refractivity contribution in [2.75, 3.05) is 12.3 Å². The number of benzene rings is 1. The molecule has 4 rings (SSSR count). The van der Waals surface area contributed by atoms with Gasteiger partial charge in [-0.25, -0.2) is 0 Å². The highest BCUT2D eigenvalue weighted by Crippen LogP contribution is 2.43. The predicted molar refractivity (Wildman–Crippen MR) is 172 cm³/mol. The van der Waals surface area contributed by atoms with Crippen molar-refractivity contribution in [1.82, 2.24) is 10.6 Å². The molecule has 0 aliphatic carbocycles. The highest BCUT2D eigenvalue weighted by molar-refractivity contribution is 5.87. The predicted octanol–water partition coefficient (Wildman–Crippen LogP) is 4.29. The fourth-order valence-electron chi connectivity index (χ4n) is 5.99. The van der Waals surface area contributed by atoms with Crippen molar-refractivity contribution in [2.24, 2.45) is 5.92 Å². The molecule has 2 amide bonds. The van der Waals surface area contributed by atoms with E-state index in [0.717, 1.165) is 36.8 Å². The lowest BCUT2D eigenvalue weighted by Crippen LogP contribution is -2.50. The van der Waals surface area contributed by atoms with Crippen LogP contribution in [0.3, 0.4) is 0 Å². The van der Waals surface area contributed by atoms with Gasteiger partial charge in [0, 0.05) is 38.1 Å². The summed E-state index contributed by atoms with van der Waals surface area (Å²) in [6, 6.07) is 7.37. The van der Waals surface area contributed by atoms with E-state index in [1.54, 1.807) is 13.0 Å². The second kappa shape index (κ2) is 15.7. The van der Waals surface area contributed by atoms with Gasteiger partial charge in [0.2, 0.25) is 11.8 Å². The Hall–Kier alpha value is -3.47. The van der Waals surface area contributed by atoms with E-state index in [0.29, 0.717) is 25.3 Å². The molecule has 0 radical (unpaired) electrons. The summed E-state index contributed by atoms with van der Waals surface area (Å²) in [5.41, 5.74) is 8.36. The monoisotopic (exact) mass is 623 g/mol. The van der Waals surface area contributed by atoms with Crippen molar-refractivity contribution in [3.63, 3.8) is 0 Å². The third-order valence-corrected chi connectivity index (χ3v) is 8.64. The molecule has 3 heterocycles. The smallest absolute Gasteiger partial charge is 0.303 e. The molecule has 1 spiro atoms. The zero-order valence-electron chi connectivity index (χ0n) is 27.1. The topological polar surface area (TPSA) is 142 Å². The van der Waals surface area contributed by atoms with Gasteiger partial charge in [0.05, 0.1) is 49.1 Å². The largest absolute Gasteiger partial charge is 0.459 e. The lowest BCUT2D eigenvalue weighted by atomic mass is 9.88. The molecule has 3 aliphatic heterocycles. The number of allylic oxidation sites excluding steroid dienone is 2. The van der Waals surface area contributed by atoms with Crippen LogP contribution in [0.25, 0.3) is 0 Å². The van der Waals surface area contributed by atoms with E-state index in [2.05, 4.69) is 42.7 Å². The van der Waals surface area contributed by atoms with Gasteiger partial charge in [0.25, 0.3) is 0 Å². The van der Waals surface area contributed by atoms with Crippen LogP contribution in [0.15, 0.2) is 60.2 Å². The number of carbonyl (C=O) groups excluding carboxylic acids is 3. The van der Waals surface area contributed by atoms with Gasteiger partial charge in [0.1, 0.15) is 6.10 Å². The van der Waals surface area contributed by atoms with Crippen LogP contribution in [0.4, 0.5) is 5.69 Å². The summed E-state index contributed by atoms with van der Waals surface area (Å²) < 4.78 is 23.5. The van der Waals surface area contributed by atoms with E-state index in [1.165, 1.54) is 13.0 Å². The Morgan fingerprint density at radius 2 is 1.84 bits per heavy atom. The molecule has 246 valence electrons. The normalized spacial score (nSPS) is 30.7. The van der Waals surface area contributed by atoms with Crippen LogP contribution >= 0.6 is 0 Å². The third-order valence-electron chi connectivity index (χ3n) is 8.64. The van der Waals surface area contributed by atoms with Crippen molar-refractivity contribution in [1.29, 1.82) is 0 Å². The van der Waals surface area contributed by atoms with Gasteiger partial charge in [-0.15, -0.1) is 0 Å². The Labute approximate surface area is 266 Å². The van der Waals surface area contributed by atoms with Gasteiger partial charge in [0.15, 0.2) is 0 Å². The highest BCUT2D eigenvalue weighted by atomic mass is 16.6. The molecule has 0 saturated carbocycles. The number of carbonyl (C=O) groups is 3. The van der Waals surface area contributed by atoms with Gasteiger partial charge in [-0.1, -0.05) is 42.9 Å². The summed E-state index contributed by atoms with van der Waals surface area (Å²) in [6.45, 7) is 10.4. The maximum atomic E-state index is 12.7. The van der Waals surface area contributed by atoms with Crippen LogP contribution in [0.5, 0.6) is 0 Å². The van der Waals surface area contributed by atoms with E-state index in [4.69, 9.17) is 24.7 Å². The molecule has 45 heavy (non-hydrogen) atoms. The maximum absolute atomic E-state index is 12.7. The average molecular weight is 624 g/mol. The zero-order valence-corrected chi connectivity index (χ0v) is 27.1. The SMILES string of the molecule is CC(=O)OC(C)C=CC(=O)NC1CC(C)C(CC=C(C)C=CC2CC3(CO3)CC(CC(=O)NCc3ccc(N)cc3)O2)OC1C. The van der Waals surface area contributed by atoms with E-state index in [9.17, 15) is 14.4 Å². The summed E-state index contributed by atoms with van der Waals surface area (Å²) in [5.74, 6) is -0.409. The zero-order chi connectivity index (χ0) is 32.6. The van der Waals surface area contributed by atoms with Crippen molar-refractivity contribution >= 4 is 23.5 Å². The standard InChI is InChI=1S/C35H49N3O7/c1-22(7-14-32-23(2)16-31(25(4)44-32)38-33(40)15-8-24(3)43-26(5)39)6-13-29-18-35(21-42-35)19-30(45-29)17-34(41)37-20-27-9-11-28(36)12-10-27/h6-13,15,23-25,29-32H,14,16-21,36H2,1-5H3,(H,37,41)(H,38,40). The molecule has 8 unspecified atom stereocenters. The minimum absolute atomic E-state index is 0.0428. The van der Waals surface area contributed by atoms with Crippen LogP contribution < -0.4 is 16.4 Å². The fraction of sp³-hybridized carbons (Fsp3) is 0.571. The summed E-state index contributed by atoms with van der Waals surface area (Å²) >= 11 is 0. The Balaban J connectivity index is 1.22. The van der Waals surface area contributed by atoms with Crippen LogP contribution in [0, 0.1) is 5.92 Å². The molecule has 1 aromatic rings. The van der Waals surface area contributed by atoms with Crippen molar-refractivity contribution < 1.29 is 33.3 Å². The van der Waals surface area contributed by atoms with Crippen molar-refractivity contribution in [2.45, 2.75) is 115 Å². The number of esters is 1. The number of amides is 2. The number of nitrogens with one attached hydrogen (secondary N) is 2. The fourth-order valence-corrected chi connectivity index (χ4v) is 5.99. The molecule has 3 saturated heterocycles. The average Bonchev–Trinajstić information content (AvgIpc) is 3.72. The highest BCUT2D eigenvalue weighted by Gasteiger charge is 2.51. The van der Waals surface area contributed by atoms with Crippen molar-refractivity contribution in [3.8, 4) is 0 Å². The molecule has 10 heteroatoms. The summed E-state index contributed by atoms with van der Waals surface area (Å²) in [7, 11) is 0. The molecular weight excluding hydrogens is 574 g/mol. The number of epoxide rings is 1. The van der Waals surface area contributed by atoms with E-state index in [1.807, 2.05) is 31.2 Å². The number of hydrogen-bond donors (Lipinski definition) is 3. The molecule has 0 bridgehead atoms. The Bertz CT molecular complexity index is 1270. The molecule has 3 aliphatic rings. The van der Waals surface area contributed by atoms with Crippen LogP contribution in [-0.2, 0) is 39.9 Å². The minimum Gasteiger partial charge on any atom is -0.459 e. The molecule has 4 N–H and O–H groups in total. The third kappa shape index (κ3) is 11.1. The summed E-state index contributed by atoms with van der Waals surface area (Å²) in [6.07, 6.45) is 11.8. The lowest BCUT2D eigenvalue weighted by molar-refractivity contribution is -0.143. The number of anilines is 1. The van der Waals surface area contributed by atoms with Crippen LogP contribution in [0.1, 0.15) is 72.3 Å². The number of hydrogen-bond acceptors (Lipinski definition) is 8. The van der Waals surface area contributed by atoms with E-state index < -0.39 is 6.10 Å². The number of ether oxygens (including phenoxy) is 4. The summed E-state index contributed by atoms with van der Waals surface area (Å²) in [5, 5.41) is 6.00. The van der Waals surface area contributed by atoms with E-state index >= 15 is 0 Å². The van der Waals surface area contributed by atoms with Crippen LogP contribution in [0.2, 0.25) is 0 Å². The Morgan fingerprint density at radius 3 is 2.53 bits per heavy atom. The van der Waals surface area contributed by atoms with E-state index in [-0.39, 0.29) is 59.8 Å². The molecule has 1 aromatic carbocycles. The number of nitrogen functional groups attached to an aromatic ring is 1. The molecule has 10 nitrogen and oxygen atoms in total. The first kappa shape index (κ1) is 34.4. The Kier molecular flexibility index (Phi) is 12.0. The first-order chi connectivity index (χ1) is 21.4. The molecular formula is C35H49N3O7. The van der Waals surface area contributed by atoms with Gasteiger partial charge in [-0.05, 0) is 63.3 Å². The first-order valence-electron chi connectivity index (χ1n) is 16.0. The van der Waals surface area contributed by atoms with Crippen LogP contribution in [-0.4, -0.2) is 66.6 Å². The lowest BCUT2D eigenvalue weighted by Gasteiger charge is -2.39. The van der Waals surface area contributed by atoms with Crippen molar-refractivity contribution in [3.05, 3.63) is 65.8 Å². The van der Waals surface area contributed by atoms with Gasteiger partial charge in [-0.3, -0.25) is 14.4 Å². The molecule has 0 aromatic heterocycles. The number of nitrogens with two attached hydrogens (primary N) is 1. The number of rotatable bonds is 12. The molecule has 3 fully saturated rings. The first-order valence-corrected chi connectivity index (χ1v) is 16.0. The Morgan fingerprint density at radius 1 is 1.11 bits per heavy atom. The minimum atomic E-state index is -0.465. The second-order valence-electron chi connectivity index (χ2n) is 12.8. The van der Waals surface area contributed by atoms with Gasteiger partial charge < -0.3 is 35.3 Å². The maximum Gasteiger partial charge on any atom is 0.303 e. The second-order valence-corrected chi connectivity index (χ2v) is 12.8.